The predicted molar refractivity (Wildman–Crippen MR) is 65.5 cm³/mol. The molecule has 102 valence electrons. The van der Waals surface area contributed by atoms with Crippen LogP contribution in [0, 0.1) is 5.41 Å². The van der Waals surface area contributed by atoms with Crippen molar-refractivity contribution in [2.75, 3.05) is 0 Å². The Morgan fingerprint density at radius 3 is 2.12 bits per heavy atom. The quantitative estimate of drug-likeness (QED) is 0.519. The number of carboxylic acid groups (broad SMARTS) is 1. The molecule has 0 spiro atoms. The third-order valence-electron chi connectivity index (χ3n) is 3.04. The van der Waals surface area contributed by atoms with Gasteiger partial charge in [0.05, 0.1) is 5.41 Å². The Labute approximate surface area is 103 Å². The van der Waals surface area contributed by atoms with E-state index in [2.05, 4.69) is 0 Å². The maximum absolute atomic E-state index is 11.2. The van der Waals surface area contributed by atoms with Crippen molar-refractivity contribution in [3.8, 4) is 0 Å². The van der Waals surface area contributed by atoms with Crippen LogP contribution in [0.15, 0.2) is 0 Å². The Hall–Kier alpha value is -0.620. The minimum absolute atomic E-state index is 0.179. The molecule has 0 saturated carbocycles. The van der Waals surface area contributed by atoms with Crippen LogP contribution in [0.25, 0.3) is 0 Å². The SMILES string of the molecule is CCCCCCC(C(C)(C)C(=O)O)S(=O)(=O)O. The molecule has 0 heterocycles. The van der Waals surface area contributed by atoms with Crippen molar-refractivity contribution < 1.29 is 22.9 Å². The van der Waals surface area contributed by atoms with Crippen molar-refractivity contribution >= 4 is 16.1 Å². The van der Waals surface area contributed by atoms with E-state index in [4.69, 9.17) is 9.66 Å². The average molecular weight is 266 g/mol. The molecule has 0 aromatic carbocycles. The normalized spacial score (nSPS) is 14.6. The number of hydrogen-bond donors (Lipinski definition) is 2. The van der Waals surface area contributed by atoms with Crippen molar-refractivity contribution in [1.29, 1.82) is 0 Å². The standard InChI is InChI=1S/C11H22O5S/c1-4-5-6-7-8-9(17(14,15)16)11(2,3)10(12)13/h9H,4-8H2,1-3H3,(H,12,13)(H,14,15,16). The van der Waals surface area contributed by atoms with Crippen LogP contribution in [0.4, 0.5) is 0 Å². The van der Waals surface area contributed by atoms with Crippen LogP contribution in [0.2, 0.25) is 0 Å². The fourth-order valence-corrected chi connectivity index (χ4v) is 3.09. The number of rotatable bonds is 8. The number of carboxylic acids is 1. The minimum atomic E-state index is -4.34. The number of unbranched alkanes of at least 4 members (excludes halogenated alkanes) is 3. The highest BCUT2D eigenvalue weighted by Gasteiger charge is 2.43. The topological polar surface area (TPSA) is 91.7 Å². The van der Waals surface area contributed by atoms with E-state index in [-0.39, 0.29) is 6.42 Å². The van der Waals surface area contributed by atoms with Gasteiger partial charge >= 0.3 is 5.97 Å². The Kier molecular flexibility index (Phi) is 6.12. The molecule has 0 aliphatic heterocycles. The molecular formula is C11H22O5S. The second-order valence-corrected chi connectivity index (χ2v) is 6.48. The van der Waals surface area contributed by atoms with Gasteiger partial charge in [0.25, 0.3) is 10.1 Å². The van der Waals surface area contributed by atoms with Crippen LogP contribution in [0.3, 0.4) is 0 Å². The van der Waals surface area contributed by atoms with E-state index in [1.54, 1.807) is 0 Å². The number of aliphatic carboxylic acids is 1. The monoisotopic (exact) mass is 266 g/mol. The summed E-state index contributed by atoms with van der Waals surface area (Å²) < 4.78 is 31.6. The van der Waals surface area contributed by atoms with Crippen LogP contribution in [-0.4, -0.2) is 29.3 Å². The molecular weight excluding hydrogens is 244 g/mol. The summed E-state index contributed by atoms with van der Waals surface area (Å²) in [6.45, 7) is 4.68. The molecule has 1 atom stereocenters. The van der Waals surface area contributed by atoms with Crippen molar-refractivity contribution in [3.63, 3.8) is 0 Å². The van der Waals surface area contributed by atoms with Gasteiger partial charge in [-0.1, -0.05) is 32.6 Å². The Morgan fingerprint density at radius 2 is 1.76 bits per heavy atom. The second kappa shape index (κ2) is 6.35. The van der Waals surface area contributed by atoms with Gasteiger partial charge in [0, 0.05) is 0 Å². The largest absolute Gasteiger partial charge is 0.481 e. The summed E-state index contributed by atoms with van der Waals surface area (Å²) in [5, 5.41) is 7.76. The first kappa shape index (κ1) is 16.4. The Bertz CT molecular complexity index is 345. The summed E-state index contributed by atoms with van der Waals surface area (Å²) in [6.07, 6.45) is 3.62. The zero-order valence-corrected chi connectivity index (χ0v) is 11.5. The molecule has 0 aromatic heterocycles. The number of hydrogen-bond acceptors (Lipinski definition) is 3. The van der Waals surface area contributed by atoms with Crippen LogP contribution < -0.4 is 0 Å². The summed E-state index contributed by atoms with van der Waals surface area (Å²) in [7, 11) is -4.34. The fraction of sp³-hybridized carbons (Fsp3) is 0.909. The second-order valence-electron chi connectivity index (χ2n) is 4.88. The molecule has 0 amide bonds. The summed E-state index contributed by atoms with van der Waals surface area (Å²) in [5.41, 5.74) is -1.47. The Morgan fingerprint density at radius 1 is 1.24 bits per heavy atom. The zero-order valence-electron chi connectivity index (χ0n) is 10.6. The van der Waals surface area contributed by atoms with Gasteiger partial charge in [-0.15, -0.1) is 0 Å². The van der Waals surface area contributed by atoms with Gasteiger partial charge in [0.2, 0.25) is 0 Å². The van der Waals surface area contributed by atoms with Gasteiger partial charge in [-0.2, -0.15) is 8.42 Å². The van der Waals surface area contributed by atoms with Crippen molar-refractivity contribution in [2.45, 2.75) is 58.1 Å². The molecule has 0 radical (unpaired) electrons. The van der Waals surface area contributed by atoms with Crippen molar-refractivity contribution in [1.82, 2.24) is 0 Å². The van der Waals surface area contributed by atoms with Crippen LogP contribution in [0.1, 0.15) is 52.9 Å². The minimum Gasteiger partial charge on any atom is -0.481 e. The maximum Gasteiger partial charge on any atom is 0.310 e. The first-order chi connectivity index (χ1) is 7.64. The summed E-state index contributed by atoms with van der Waals surface area (Å²) >= 11 is 0. The van der Waals surface area contributed by atoms with E-state index in [0.717, 1.165) is 19.3 Å². The van der Waals surface area contributed by atoms with E-state index >= 15 is 0 Å². The smallest absolute Gasteiger partial charge is 0.310 e. The highest BCUT2D eigenvalue weighted by atomic mass is 32.2. The predicted octanol–water partition coefficient (Wildman–Crippen LogP) is 2.32. The van der Waals surface area contributed by atoms with Gasteiger partial charge in [0.15, 0.2) is 0 Å². The molecule has 2 N–H and O–H groups in total. The van der Waals surface area contributed by atoms with E-state index in [1.807, 2.05) is 6.92 Å². The van der Waals surface area contributed by atoms with Crippen LogP contribution >= 0.6 is 0 Å². The van der Waals surface area contributed by atoms with Crippen molar-refractivity contribution in [2.24, 2.45) is 5.41 Å². The highest BCUT2D eigenvalue weighted by molar-refractivity contribution is 7.86. The van der Waals surface area contributed by atoms with Gasteiger partial charge < -0.3 is 5.11 Å². The lowest BCUT2D eigenvalue weighted by molar-refractivity contribution is -0.147. The molecule has 1 unspecified atom stereocenters. The maximum atomic E-state index is 11.2. The first-order valence-electron chi connectivity index (χ1n) is 5.83. The molecule has 0 saturated heterocycles. The molecule has 0 bridgehead atoms. The van der Waals surface area contributed by atoms with Gasteiger partial charge in [0.1, 0.15) is 5.25 Å². The van der Waals surface area contributed by atoms with Gasteiger partial charge in [-0.3, -0.25) is 9.35 Å². The third-order valence-corrected chi connectivity index (χ3v) is 4.58. The highest BCUT2D eigenvalue weighted by Crippen LogP contribution is 2.30. The molecule has 6 heteroatoms. The summed E-state index contributed by atoms with van der Waals surface area (Å²) in [5.74, 6) is -1.21. The van der Waals surface area contributed by atoms with Crippen LogP contribution in [-0.2, 0) is 14.9 Å². The van der Waals surface area contributed by atoms with E-state index in [0.29, 0.717) is 6.42 Å². The summed E-state index contributed by atoms with van der Waals surface area (Å²) in [6, 6.07) is 0. The third kappa shape index (κ3) is 5.04. The molecule has 0 rings (SSSR count). The first-order valence-corrected chi connectivity index (χ1v) is 7.34. The molecule has 0 aromatic rings. The summed E-state index contributed by atoms with van der Waals surface area (Å²) in [4.78, 5) is 11.0. The number of carbonyl (C=O) groups is 1. The van der Waals surface area contributed by atoms with E-state index in [9.17, 15) is 13.2 Å². The van der Waals surface area contributed by atoms with Gasteiger partial charge in [-0.25, -0.2) is 0 Å². The fourth-order valence-electron chi connectivity index (χ4n) is 1.78. The molecule has 0 aliphatic carbocycles. The van der Waals surface area contributed by atoms with Gasteiger partial charge in [-0.05, 0) is 20.3 Å². The lowest BCUT2D eigenvalue weighted by atomic mass is 9.86. The lowest BCUT2D eigenvalue weighted by Crippen LogP contribution is -2.42. The van der Waals surface area contributed by atoms with E-state index < -0.39 is 26.8 Å². The average Bonchev–Trinajstić information content (AvgIpc) is 2.14. The van der Waals surface area contributed by atoms with E-state index in [1.165, 1.54) is 13.8 Å². The van der Waals surface area contributed by atoms with Crippen molar-refractivity contribution in [3.05, 3.63) is 0 Å². The zero-order chi connectivity index (χ0) is 13.7. The molecule has 17 heavy (non-hydrogen) atoms. The Balaban J connectivity index is 4.75. The molecule has 5 nitrogen and oxygen atoms in total. The lowest BCUT2D eigenvalue weighted by Gasteiger charge is -2.27. The van der Waals surface area contributed by atoms with Crippen LogP contribution in [0.5, 0.6) is 0 Å². The molecule has 0 aliphatic rings. The molecule has 0 fully saturated rings.